The van der Waals surface area contributed by atoms with E-state index in [2.05, 4.69) is 36.1 Å². The average Bonchev–Trinajstić information content (AvgIpc) is 2.33. The topological polar surface area (TPSA) is 47.0 Å². The van der Waals surface area contributed by atoms with Crippen molar-refractivity contribution in [3.8, 4) is 5.88 Å². The van der Waals surface area contributed by atoms with Crippen LogP contribution >= 0.6 is 0 Å². The predicted octanol–water partition coefficient (Wildman–Crippen LogP) is 3.30. The van der Waals surface area contributed by atoms with Gasteiger partial charge in [0.1, 0.15) is 18.2 Å². The van der Waals surface area contributed by atoms with Crippen molar-refractivity contribution >= 4 is 5.82 Å². The molecule has 100 valence electrons. The van der Waals surface area contributed by atoms with E-state index in [-0.39, 0.29) is 5.92 Å². The molecule has 0 atom stereocenters. The Balaban J connectivity index is 3.05. The Hall–Kier alpha value is -1.58. The van der Waals surface area contributed by atoms with Crippen LogP contribution in [0.5, 0.6) is 5.88 Å². The first-order chi connectivity index (χ1) is 8.60. The van der Waals surface area contributed by atoms with Gasteiger partial charge < -0.3 is 10.1 Å². The molecule has 0 aromatic carbocycles. The zero-order chi connectivity index (χ0) is 13.5. The third-order valence-corrected chi connectivity index (χ3v) is 2.53. The van der Waals surface area contributed by atoms with Crippen LogP contribution in [0.3, 0.4) is 0 Å². The van der Waals surface area contributed by atoms with Gasteiger partial charge in [-0.25, -0.2) is 4.98 Å². The highest BCUT2D eigenvalue weighted by molar-refractivity contribution is 5.48. The van der Waals surface area contributed by atoms with Crippen molar-refractivity contribution in [2.24, 2.45) is 0 Å². The van der Waals surface area contributed by atoms with Gasteiger partial charge in [-0.3, -0.25) is 0 Å². The minimum atomic E-state index is 0.284. The second kappa shape index (κ2) is 6.99. The summed E-state index contributed by atoms with van der Waals surface area (Å²) < 4.78 is 5.68. The first-order valence-corrected chi connectivity index (χ1v) is 6.46. The average molecular weight is 249 g/mol. The Morgan fingerprint density at radius 1 is 1.33 bits per heavy atom. The van der Waals surface area contributed by atoms with E-state index in [1.54, 1.807) is 0 Å². The molecule has 4 nitrogen and oxygen atoms in total. The van der Waals surface area contributed by atoms with Crippen LogP contribution in [0, 0.1) is 6.92 Å². The van der Waals surface area contributed by atoms with Crippen LogP contribution in [-0.2, 0) is 0 Å². The van der Waals surface area contributed by atoms with E-state index >= 15 is 0 Å². The third kappa shape index (κ3) is 3.72. The normalized spacial score (nSPS) is 11.2. The number of ether oxygens (including phenoxy) is 1. The van der Waals surface area contributed by atoms with Gasteiger partial charge >= 0.3 is 0 Å². The van der Waals surface area contributed by atoms with Crippen LogP contribution in [0.15, 0.2) is 12.2 Å². The highest BCUT2D eigenvalue weighted by Crippen LogP contribution is 2.24. The molecule has 0 bridgehead atoms. The van der Waals surface area contributed by atoms with Gasteiger partial charge in [0.2, 0.25) is 5.88 Å². The van der Waals surface area contributed by atoms with Crippen molar-refractivity contribution in [1.29, 1.82) is 0 Å². The summed E-state index contributed by atoms with van der Waals surface area (Å²) in [6.45, 7) is 11.5. The summed E-state index contributed by atoms with van der Waals surface area (Å²) in [6.07, 6.45) is 3.93. The summed E-state index contributed by atoms with van der Waals surface area (Å²) in [6, 6.07) is 0. The van der Waals surface area contributed by atoms with Gasteiger partial charge in [-0.2, -0.15) is 4.98 Å². The molecule has 1 N–H and O–H groups in total. The van der Waals surface area contributed by atoms with Gasteiger partial charge in [-0.1, -0.05) is 26.0 Å². The second-order valence-corrected chi connectivity index (χ2v) is 4.43. The number of aromatic nitrogens is 2. The lowest BCUT2D eigenvalue weighted by Crippen LogP contribution is -2.10. The summed E-state index contributed by atoms with van der Waals surface area (Å²) in [5.74, 6) is 2.63. The van der Waals surface area contributed by atoms with Crippen molar-refractivity contribution in [2.75, 3.05) is 18.5 Å². The molecule has 0 spiro atoms. The number of allylic oxidation sites excluding steroid dienone is 1. The Kier molecular flexibility index (Phi) is 5.62. The van der Waals surface area contributed by atoms with Crippen molar-refractivity contribution in [1.82, 2.24) is 9.97 Å². The highest BCUT2D eigenvalue weighted by Gasteiger charge is 2.13. The Morgan fingerprint density at radius 3 is 2.61 bits per heavy atom. The van der Waals surface area contributed by atoms with Gasteiger partial charge in [0.25, 0.3) is 0 Å². The summed E-state index contributed by atoms with van der Waals surface area (Å²) in [5, 5.41) is 3.25. The molecule has 1 heterocycles. The van der Waals surface area contributed by atoms with Crippen LogP contribution in [0.25, 0.3) is 0 Å². The molecular weight excluding hydrogens is 226 g/mol. The fraction of sp³-hybridized carbons (Fsp3) is 0.571. The van der Waals surface area contributed by atoms with Crippen LogP contribution in [0.2, 0.25) is 0 Å². The van der Waals surface area contributed by atoms with E-state index in [0.29, 0.717) is 12.5 Å². The number of hydrogen-bond acceptors (Lipinski definition) is 4. The lowest BCUT2D eigenvalue weighted by Gasteiger charge is -2.14. The van der Waals surface area contributed by atoms with Gasteiger partial charge in [0.05, 0.1) is 5.56 Å². The van der Waals surface area contributed by atoms with Crippen molar-refractivity contribution in [3.05, 3.63) is 23.5 Å². The van der Waals surface area contributed by atoms with Crippen LogP contribution in [0.4, 0.5) is 5.82 Å². The van der Waals surface area contributed by atoms with Crippen LogP contribution in [0.1, 0.15) is 45.0 Å². The number of nitrogens with one attached hydrogen (secondary N) is 1. The zero-order valence-corrected chi connectivity index (χ0v) is 11.9. The van der Waals surface area contributed by atoms with Crippen molar-refractivity contribution in [3.63, 3.8) is 0 Å². The molecule has 0 amide bonds. The van der Waals surface area contributed by atoms with Crippen molar-refractivity contribution in [2.45, 2.75) is 40.5 Å². The smallest absolute Gasteiger partial charge is 0.222 e. The summed E-state index contributed by atoms with van der Waals surface area (Å²) >= 11 is 0. The SMILES string of the molecule is C/C=C/COc1nc(C(C)C)nc(NCC)c1C. The lowest BCUT2D eigenvalue weighted by atomic mass is 10.2. The second-order valence-electron chi connectivity index (χ2n) is 4.43. The predicted molar refractivity (Wildman–Crippen MR) is 75.3 cm³/mol. The van der Waals surface area contributed by atoms with E-state index < -0.39 is 0 Å². The molecule has 18 heavy (non-hydrogen) atoms. The molecular formula is C14H23N3O. The maximum Gasteiger partial charge on any atom is 0.222 e. The summed E-state index contributed by atoms with van der Waals surface area (Å²) in [7, 11) is 0. The molecule has 0 radical (unpaired) electrons. The Labute approximate surface area is 109 Å². The summed E-state index contributed by atoms with van der Waals surface area (Å²) in [5.41, 5.74) is 0.964. The highest BCUT2D eigenvalue weighted by atomic mass is 16.5. The van der Waals surface area contributed by atoms with Gasteiger partial charge in [0.15, 0.2) is 0 Å². The minimum Gasteiger partial charge on any atom is -0.473 e. The largest absolute Gasteiger partial charge is 0.473 e. The maximum atomic E-state index is 5.68. The fourth-order valence-corrected chi connectivity index (χ4v) is 1.47. The molecule has 1 aromatic rings. The molecule has 0 aliphatic carbocycles. The molecule has 0 saturated heterocycles. The Bertz CT molecular complexity index is 414. The number of rotatable bonds is 6. The first-order valence-electron chi connectivity index (χ1n) is 6.46. The number of hydrogen-bond donors (Lipinski definition) is 1. The lowest BCUT2D eigenvalue weighted by molar-refractivity contribution is 0.342. The molecule has 0 aliphatic heterocycles. The maximum absolute atomic E-state index is 5.68. The monoisotopic (exact) mass is 249 g/mol. The van der Waals surface area contributed by atoms with E-state index in [1.807, 2.05) is 26.0 Å². The molecule has 0 unspecified atom stereocenters. The quantitative estimate of drug-likeness (QED) is 0.786. The molecule has 0 aliphatic rings. The van der Waals surface area contributed by atoms with Gasteiger partial charge in [-0.15, -0.1) is 0 Å². The van der Waals surface area contributed by atoms with Crippen molar-refractivity contribution < 1.29 is 4.74 Å². The molecule has 1 rings (SSSR count). The molecule has 4 heteroatoms. The zero-order valence-electron chi connectivity index (χ0n) is 11.9. The minimum absolute atomic E-state index is 0.284. The van der Waals surface area contributed by atoms with E-state index in [9.17, 15) is 0 Å². The third-order valence-electron chi connectivity index (χ3n) is 2.53. The fourth-order valence-electron chi connectivity index (χ4n) is 1.47. The number of anilines is 1. The number of nitrogens with zero attached hydrogens (tertiary/aromatic N) is 2. The standard InChI is InChI=1S/C14H23N3O/c1-6-8-9-18-14-11(5)13(15-7-2)16-12(17-14)10(3)4/h6,8,10H,7,9H2,1-5H3,(H,15,16,17)/b8-6+. The van der Waals surface area contributed by atoms with E-state index in [1.165, 1.54) is 0 Å². The van der Waals surface area contributed by atoms with Gasteiger partial charge in [-0.05, 0) is 20.8 Å². The first kappa shape index (κ1) is 14.5. The summed E-state index contributed by atoms with van der Waals surface area (Å²) in [4.78, 5) is 9.01. The van der Waals surface area contributed by atoms with E-state index in [0.717, 1.165) is 23.8 Å². The molecule has 0 fully saturated rings. The van der Waals surface area contributed by atoms with Crippen LogP contribution < -0.4 is 10.1 Å². The molecule has 1 aromatic heterocycles. The van der Waals surface area contributed by atoms with Gasteiger partial charge in [0, 0.05) is 12.5 Å². The molecule has 0 saturated carbocycles. The van der Waals surface area contributed by atoms with Crippen LogP contribution in [-0.4, -0.2) is 23.1 Å². The Morgan fingerprint density at radius 2 is 2.06 bits per heavy atom. The van der Waals surface area contributed by atoms with E-state index in [4.69, 9.17) is 4.74 Å².